The predicted octanol–water partition coefficient (Wildman–Crippen LogP) is 1.87. The lowest BCUT2D eigenvalue weighted by Crippen LogP contribution is -2.19. The van der Waals surface area contributed by atoms with E-state index in [0.717, 1.165) is 5.56 Å². The number of carbonyl (C=O) groups excluding carboxylic acids is 1. The highest BCUT2D eigenvalue weighted by Gasteiger charge is 2.15. The summed E-state index contributed by atoms with van der Waals surface area (Å²) < 4.78 is 0.544. The summed E-state index contributed by atoms with van der Waals surface area (Å²) in [6.07, 6.45) is 0. The number of hydrogen-bond donors (Lipinski definition) is 2. The molecular formula is C10H12BrNO2. The van der Waals surface area contributed by atoms with Crippen LogP contribution in [0.15, 0.2) is 16.6 Å². The van der Waals surface area contributed by atoms with Crippen LogP contribution in [-0.2, 0) is 0 Å². The first-order chi connectivity index (χ1) is 6.57. The third-order valence-electron chi connectivity index (χ3n) is 1.95. The first kappa shape index (κ1) is 11.2. The molecule has 1 aromatic rings. The van der Waals surface area contributed by atoms with Crippen molar-refractivity contribution in [1.82, 2.24) is 5.32 Å². The zero-order valence-electron chi connectivity index (χ0n) is 8.10. The fraction of sp³-hybridized carbons (Fsp3) is 0.300. The number of aromatic hydroxyl groups is 1. The van der Waals surface area contributed by atoms with Crippen molar-refractivity contribution >= 4 is 21.7 Å². The van der Waals surface area contributed by atoms with E-state index in [0.29, 0.717) is 10.0 Å². The Hall–Kier alpha value is -0.870. The van der Waals surface area contributed by atoms with Crippen molar-refractivity contribution in [3.63, 3.8) is 0 Å². The van der Waals surface area contributed by atoms with Crippen molar-refractivity contribution in [1.29, 1.82) is 0 Å². The van der Waals surface area contributed by atoms with Crippen LogP contribution in [0.3, 0.4) is 0 Å². The molecule has 0 saturated carbocycles. The van der Waals surface area contributed by atoms with E-state index in [1.54, 1.807) is 26.1 Å². The van der Waals surface area contributed by atoms with Gasteiger partial charge in [0.2, 0.25) is 0 Å². The quantitative estimate of drug-likeness (QED) is 0.813. The second kappa shape index (κ2) is 4.57. The summed E-state index contributed by atoms with van der Waals surface area (Å²) in [5.41, 5.74) is 1.17. The Morgan fingerprint density at radius 1 is 1.57 bits per heavy atom. The van der Waals surface area contributed by atoms with Crippen LogP contribution >= 0.6 is 15.9 Å². The van der Waals surface area contributed by atoms with E-state index in [1.807, 2.05) is 0 Å². The Kier molecular flexibility index (Phi) is 3.66. The van der Waals surface area contributed by atoms with Gasteiger partial charge in [-0.15, -0.1) is 0 Å². The molecule has 2 N–H and O–H groups in total. The molecule has 0 atom stereocenters. The second-order valence-electron chi connectivity index (χ2n) is 3.04. The molecule has 0 spiro atoms. The Morgan fingerprint density at radius 2 is 2.21 bits per heavy atom. The molecule has 0 aliphatic carbocycles. The average Bonchev–Trinajstić information content (AvgIpc) is 2.13. The molecule has 14 heavy (non-hydrogen) atoms. The van der Waals surface area contributed by atoms with Gasteiger partial charge in [-0.25, -0.2) is 0 Å². The lowest BCUT2D eigenvalue weighted by atomic mass is 10.0. The molecule has 3 nitrogen and oxygen atoms in total. The molecule has 0 amide bonds. The third kappa shape index (κ3) is 2.13. The van der Waals surface area contributed by atoms with Gasteiger partial charge in [0.25, 0.3) is 0 Å². The first-order valence-electron chi connectivity index (χ1n) is 4.23. The number of phenolic OH excluding ortho intramolecular Hbond substituents is 1. The summed E-state index contributed by atoms with van der Waals surface area (Å²) in [7, 11) is 1.70. The molecule has 0 unspecified atom stereocenters. The lowest BCUT2D eigenvalue weighted by molar-refractivity contribution is 0.0990. The Balaban J connectivity index is 3.18. The van der Waals surface area contributed by atoms with Crippen molar-refractivity contribution in [2.45, 2.75) is 6.92 Å². The number of halogens is 1. The summed E-state index contributed by atoms with van der Waals surface area (Å²) in [5.74, 6) is -0.0888. The highest BCUT2D eigenvalue weighted by Crippen LogP contribution is 2.30. The van der Waals surface area contributed by atoms with Gasteiger partial charge in [-0.3, -0.25) is 4.79 Å². The van der Waals surface area contributed by atoms with Gasteiger partial charge >= 0.3 is 0 Å². The number of ketones is 1. The number of rotatable bonds is 3. The second-order valence-corrected chi connectivity index (χ2v) is 3.90. The highest BCUT2D eigenvalue weighted by atomic mass is 79.9. The number of carbonyl (C=O) groups is 1. The fourth-order valence-corrected chi connectivity index (χ4v) is 1.60. The average molecular weight is 258 g/mol. The molecule has 0 aromatic heterocycles. The van der Waals surface area contributed by atoms with E-state index in [-0.39, 0.29) is 18.1 Å². The first-order valence-corrected chi connectivity index (χ1v) is 5.03. The van der Waals surface area contributed by atoms with Crippen LogP contribution in [0.5, 0.6) is 5.75 Å². The molecular weight excluding hydrogens is 246 g/mol. The van der Waals surface area contributed by atoms with Crippen LogP contribution in [0.4, 0.5) is 0 Å². The number of phenols is 1. The molecule has 0 saturated heterocycles. The number of hydrogen-bond acceptors (Lipinski definition) is 3. The number of aryl methyl sites for hydroxylation is 1. The molecule has 0 fully saturated rings. The molecule has 0 aliphatic heterocycles. The van der Waals surface area contributed by atoms with Crippen LogP contribution in [-0.4, -0.2) is 24.5 Å². The van der Waals surface area contributed by atoms with Crippen molar-refractivity contribution in [3.8, 4) is 5.75 Å². The molecule has 76 valence electrons. The van der Waals surface area contributed by atoms with Crippen LogP contribution < -0.4 is 5.32 Å². The van der Waals surface area contributed by atoms with Crippen molar-refractivity contribution in [3.05, 3.63) is 27.7 Å². The summed E-state index contributed by atoms with van der Waals surface area (Å²) in [4.78, 5) is 11.6. The number of likely N-dealkylation sites (N-methyl/N-ethyl adjacent to an activating group) is 1. The molecule has 1 aromatic carbocycles. The van der Waals surface area contributed by atoms with Crippen LogP contribution in [0.2, 0.25) is 0 Å². The monoisotopic (exact) mass is 257 g/mol. The van der Waals surface area contributed by atoms with Crippen molar-refractivity contribution < 1.29 is 9.90 Å². The third-order valence-corrected chi connectivity index (χ3v) is 2.59. The van der Waals surface area contributed by atoms with E-state index in [9.17, 15) is 9.90 Å². The van der Waals surface area contributed by atoms with E-state index in [2.05, 4.69) is 21.2 Å². The molecule has 0 radical (unpaired) electrons. The van der Waals surface area contributed by atoms with Gasteiger partial charge in [-0.2, -0.15) is 0 Å². The SMILES string of the molecule is CNCC(=O)c1c(C)ccc(Br)c1O. The zero-order chi connectivity index (χ0) is 10.7. The summed E-state index contributed by atoms with van der Waals surface area (Å²) in [5, 5.41) is 12.4. The van der Waals surface area contributed by atoms with Crippen molar-refractivity contribution in [2.24, 2.45) is 0 Å². The normalized spacial score (nSPS) is 10.2. The maximum absolute atomic E-state index is 11.6. The summed E-state index contributed by atoms with van der Waals surface area (Å²) >= 11 is 3.18. The lowest BCUT2D eigenvalue weighted by Gasteiger charge is -2.08. The number of nitrogens with one attached hydrogen (secondary N) is 1. The molecule has 4 heteroatoms. The largest absolute Gasteiger partial charge is 0.506 e. The Bertz CT molecular complexity index is 363. The minimum absolute atomic E-state index is 0.0188. The van der Waals surface area contributed by atoms with E-state index < -0.39 is 0 Å². The molecule has 1 rings (SSSR count). The van der Waals surface area contributed by atoms with Crippen molar-refractivity contribution in [2.75, 3.05) is 13.6 Å². The van der Waals surface area contributed by atoms with Gasteiger partial charge in [0, 0.05) is 0 Å². The van der Waals surface area contributed by atoms with Gasteiger partial charge in [-0.1, -0.05) is 6.07 Å². The van der Waals surface area contributed by atoms with E-state index in [1.165, 1.54) is 0 Å². The zero-order valence-corrected chi connectivity index (χ0v) is 9.68. The maximum Gasteiger partial charge on any atom is 0.180 e. The van der Waals surface area contributed by atoms with E-state index >= 15 is 0 Å². The van der Waals surface area contributed by atoms with Crippen LogP contribution in [0, 0.1) is 6.92 Å². The van der Waals surface area contributed by atoms with E-state index in [4.69, 9.17) is 0 Å². The Labute approximate surface area is 91.3 Å². The smallest absolute Gasteiger partial charge is 0.180 e. The highest BCUT2D eigenvalue weighted by molar-refractivity contribution is 9.10. The predicted molar refractivity (Wildman–Crippen MR) is 58.8 cm³/mol. The topological polar surface area (TPSA) is 49.3 Å². The number of Topliss-reactive ketones (excluding diaryl/α,β-unsaturated/α-hetero) is 1. The maximum atomic E-state index is 11.6. The molecule has 0 bridgehead atoms. The standard InChI is InChI=1S/C10H12BrNO2/c1-6-3-4-7(11)10(14)9(6)8(13)5-12-2/h3-4,12,14H,5H2,1-2H3. The van der Waals surface area contributed by atoms with Gasteiger partial charge in [0.05, 0.1) is 16.6 Å². The van der Waals surface area contributed by atoms with Gasteiger partial charge in [0.1, 0.15) is 5.75 Å². The minimum atomic E-state index is -0.108. The van der Waals surface area contributed by atoms with Crippen LogP contribution in [0.25, 0.3) is 0 Å². The van der Waals surface area contributed by atoms with Gasteiger partial charge < -0.3 is 10.4 Å². The van der Waals surface area contributed by atoms with Gasteiger partial charge in [-0.05, 0) is 41.5 Å². The van der Waals surface area contributed by atoms with Gasteiger partial charge in [0.15, 0.2) is 5.78 Å². The molecule has 0 heterocycles. The minimum Gasteiger partial charge on any atom is -0.506 e. The molecule has 0 aliphatic rings. The summed E-state index contributed by atoms with van der Waals surface area (Å²) in [6.45, 7) is 2.03. The number of benzene rings is 1. The summed E-state index contributed by atoms with van der Waals surface area (Å²) in [6, 6.07) is 3.52. The van der Waals surface area contributed by atoms with Crippen LogP contribution in [0.1, 0.15) is 15.9 Å². The fourth-order valence-electron chi connectivity index (χ4n) is 1.27. The Morgan fingerprint density at radius 3 is 2.79 bits per heavy atom.